The van der Waals surface area contributed by atoms with Crippen LogP contribution in [0, 0.1) is 0 Å². The Morgan fingerprint density at radius 1 is 1.08 bits per heavy atom. The van der Waals surface area contributed by atoms with Crippen molar-refractivity contribution < 1.29 is 19.6 Å². The van der Waals surface area contributed by atoms with E-state index < -0.39 is 7.12 Å². The first kappa shape index (κ1) is 9.63. The van der Waals surface area contributed by atoms with Gasteiger partial charge in [0.05, 0.1) is 0 Å². The first-order valence-corrected chi connectivity index (χ1v) is 3.60. The van der Waals surface area contributed by atoms with Crippen molar-refractivity contribution in [1.29, 1.82) is 0 Å². The minimum Gasteiger partial charge on any atom is -0.423 e. The Balaban J connectivity index is 3.37. The van der Waals surface area contributed by atoms with E-state index in [4.69, 9.17) is 10.0 Å². The highest BCUT2D eigenvalue weighted by Gasteiger charge is 2.19. The molecule has 4 nitrogen and oxygen atoms in total. The second kappa shape index (κ2) is 3.98. The summed E-state index contributed by atoms with van der Waals surface area (Å²) in [5, 5.41) is 17.8. The van der Waals surface area contributed by atoms with E-state index in [0.717, 1.165) is 0 Å². The molecule has 0 fully saturated rings. The lowest BCUT2D eigenvalue weighted by Gasteiger charge is -2.05. The Morgan fingerprint density at radius 3 is 1.85 bits per heavy atom. The van der Waals surface area contributed by atoms with Crippen LogP contribution in [-0.4, -0.2) is 29.7 Å². The maximum absolute atomic E-state index is 10.5. The predicted octanol–water partition coefficient (Wildman–Crippen LogP) is -1.01. The lowest BCUT2D eigenvalue weighted by molar-refractivity contribution is 0.112. The standard InChI is InChI=1S/C8H7BO4/c10-4-6-2-1-3-7(5-11)8(6)9(12)13/h1-5,12-13H. The van der Waals surface area contributed by atoms with Crippen LogP contribution in [0.2, 0.25) is 0 Å². The zero-order valence-corrected chi connectivity index (χ0v) is 6.68. The normalized spacial score (nSPS) is 9.38. The monoisotopic (exact) mass is 178 g/mol. The highest BCUT2D eigenvalue weighted by atomic mass is 16.4. The summed E-state index contributed by atoms with van der Waals surface area (Å²) in [7, 11) is -1.80. The first-order valence-electron chi connectivity index (χ1n) is 3.60. The number of hydrogen-bond donors (Lipinski definition) is 2. The van der Waals surface area contributed by atoms with E-state index in [1.165, 1.54) is 18.2 Å². The second-order valence-corrected chi connectivity index (χ2v) is 2.46. The molecule has 13 heavy (non-hydrogen) atoms. The minimum atomic E-state index is -1.80. The summed E-state index contributed by atoms with van der Waals surface area (Å²) >= 11 is 0. The molecule has 0 bridgehead atoms. The largest absolute Gasteiger partial charge is 0.489 e. The summed E-state index contributed by atoms with van der Waals surface area (Å²) in [5.74, 6) is 0. The number of carbonyl (C=O) groups excluding carboxylic acids is 2. The Bertz CT molecular complexity index is 309. The summed E-state index contributed by atoms with van der Waals surface area (Å²) in [6, 6.07) is 4.32. The third-order valence-electron chi connectivity index (χ3n) is 1.69. The number of benzene rings is 1. The van der Waals surface area contributed by atoms with Crippen LogP contribution >= 0.6 is 0 Å². The van der Waals surface area contributed by atoms with Crippen LogP contribution in [0.15, 0.2) is 18.2 Å². The summed E-state index contributed by atoms with van der Waals surface area (Å²) in [6.45, 7) is 0. The second-order valence-electron chi connectivity index (χ2n) is 2.46. The van der Waals surface area contributed by atoms with Gasteiger partial charge in [-0.3, -0.25) is 9.59 Å². The fraction of sp³-hybridized carbons (Fsp3) is 0. The minimum absolute atomic E-state index is 0.0486. The number of hydrogen-bond acceptors (Lipinski definition) is 4. The average Bonchev–Trinajstić information content (AvgIpc) is 2.16. The first-order chi connectivity index (χ1) is 6.20. The molecule has 0 aliphatic heterocycles. The van der Waals surface area contributed by atoms with Gasteiger partial charge in [0.2, 0.25) is 0 Å². The molecule has 0 saturated heterocycles. The summed E-state index contributed by atoms with van der Waals surface area (Å²) in [5.41, 5.74) is 0.173. The highest BCUT2D eigenvalue weighted by molar-refractivity contribution is 6.61. The van der Waals surface area contributed by atoms with Crippen LogP contribution in [-0.2, 0) is 0 Å². The smallest absolute Gasteiger partial charge is 0.423 e. The zero-order valence-electron chi connectivity index (χ0n) is 6.68. The van der Waals surface area contributed by atoms with Crippen LogP contribution in [0.1, 0.15) is 20.7 Å². The van der Waals surface area contributed by atoms with Gasteiger partial charge in [-0.15, -0.1) is 0 Å². The van der Waals surface area contributed by atoms with Crippen molar-refractivity contribution in [3.63, 3.8) is 0 Å². The lowest BCUT2D eigenvalue weighted by atomic mass is 9.74. The molecule has 0 aromatic heterocycles. The van der Waals surface area contributed by atoms with Crippen molar-refractivity contribution in [3.05, 3.63) is 29.3 Å². The molecule has 0 amide bonds. The van der Waals surface area contributed by atoms with E-state index in [9.17, 15) is 9.59 Å². The molecule has 0 heterocycles. The van der Waals surface area contributed by atoms with E-state index >= 15 is 0 Å². The fourth-order valence-corrected chi connectivity index (χ4v) is 1.11. The molecule has 0 saturated carbocycles. The molecule has 66 valence electrons. The van der Waals surface area contributed by atoms with Crippen LogP contribution < -0.4 is 5.46 Å². The Labute approximate surface area is 75.0 Å². The van der Waals surface area contributed by atoms with Crippen molar-refractivity contribution >= 4 is 25.2 Å². The molecule has 0 spiro atoms. The van der Waals surface area contributed by atoms with Crippen molar-refractivity contribution in [3.8, 4) is 0 Å². The van der Waals surface area contributed by atoms with E-state index in [1.807, 2.05) is 0 Å². The molecule has 1 rings (SSSR count). The van der Waals surface area contributed by atoms with Gasteiger partial charge in [0.1, 0.15) is 12.6 Å². The van der Waals surface area contributed by atoms with Gasteiger partial charge in [-0.05, 0) is 0 Å². The maximum Gasteiger partial charge on any atom is 0.489 e. The molecule has 2 N–H and O–H groups in total. The van der Waals surface area contributed by atoms with E-state index in [1.54, 1.807) is 0 Å². The third-order valence-corrected chi connectivity index (χ3v) is 1.69. The van der Waals surface area contributed by atoms with Crippen LogP contribution in [0.25, 0.3) is 0 Å². The van der Waals surface area contributed by atoms with Crippen molar-refractivity contribution in [2.75, 3.05) is 0 Å². The van der Waals surface area contributed by atoms with Gasteiger partial charge in [-0.1, -0.05) is 18.2 Å². The van der Waals surface area contributed by atoms with E-state index in [2.05, 4.69) is 0 Å². The quantitative estimate of drug-likeness (QED) is 0.459. The van der Waals surface area contributed by atoms with Crippen molar-refractivity contribution in [2.24, 2.45) is 0 Å². The van der Waals surface area contributed by atoms with Crippen LogP contribution in [0.4, 0.5) is 0 Å². The zero-order chi connectivity index (χ0) is 9.84. The molecule has 0 radical (unpaired) electrons. The predicted molar refractivity (Wildman–Crippen MR) is 47.0 cm³/mol. The topological polar surface area (TPSA) is 74.6 Å². The molecule has 0 aliphatic carbocycles. The van der Waals surface area contributed by atoms with Gasteiger partial charge in [0.25, 0.3) is 0 Å². The fourth-order valence-electron chi connectivity index (χ4n) is 1.11. The molecule has 1 aromatic rings. The SMILES string of the molecule is O=Cc1cccc(C=O)c1B(O)O. The van der Waals surface area contributed by atoms with E-state index in [-0.39, 0.29) is 16.6 Å². The Hall–Kier alpha value is -1.46. The molecule has 5 heteroatoms. The maximum atomic E-state index is 10.5. The van der Waals surface area contributed by atoms with Crippen molar-refractivity contribution in [2.45, 2.75) is 0 Å². The Morgan fingerprint density at radius 2 is 1.54 bits per heavy atom. The summed E-state index contributed by atoms with van der Waals surface area (Å²) in [4.78, 5) is 20.9. The molecule has 1 aromatic carbocycles. The molecule has 0 atom stereocenters. The Kier molecular flexibility index (Phi) is 2.95. The van der Waals surface area contributed by atoms with Gasteiger partial charge >= 0.3 is 7.12 Å². The highest BCUT2D eigenvalue weighted by Crippen LogP contribution is 1.98. The van der Waals surface area contributed by atoms with Gasteiger partial charge in [0, 0.05) is 16.6 Å². The van der Waals surface area contributed by atoms with Crippen LogP contribution in [0.3, 0.4) is 0 Å². The number of aldehydes is 2. The molecular formula is C8H7BO4. The van der Waals surface area contributed by atoms with Gasteiger partial charge in [-0.2, -0.15) is 0 Å². The number of carbonyl (C=O) groups is 2. The van der Waals surface area contributed by atoms with Gasteiger partial charge in [0.15, 0.2) is 0 Å². The molecule has 0 aliphatic rings. The van der Waals surface area contributed by atoms with Crippen molar-refractivity contribution in [1.82, 2.24) is 0 Å². The summed E-state index contributed by atoms with van der Waals surface area (Å²) < 4.78 is 0. The van der Waals surface area contributed by atoms with Crippen LogP contribution in [0.5, 0.6) is 0 Å². The van der Waals surface area contributed by atoms with Gasteiger partial charge in [-0.25, -0.2) is 0 Å². The van der Waals surface area contributed by atoms with Gasteiger partial charge < -0.3 is 10.0 Å². The average molecular weight is 178 g/mol. The summed E-state index contributed by atoms with van der Waals surface area (Å²) in [6.07, 6.45) is 0.948. The number of rotatable bonds is 3. The lowest BCUT2D eigenvalue weighted by Crippen LogP contribution is -2.36. The van der Waals surface area contributed by atoms with E-state index in [0.29, 0.717) is 12.6 Å². The molecular weight excluding hydrogens is 171 g/mol. The molecule has 0 unspecified atom stereocenters. The third kappa shape index (κ3) is 1.82.